The molecule has 64 valence electrons. The Morgan fingerprint density at radius 2 is 2.08 bits per heavy atom. The number of aliphatic hydroxyl groups excluding tert-OH is 1. The maximum atomic E-state index is 8.30. The Balaban J connectivity index is 3.46. The SMILES string of the molecule is CCC/C=C/C#CCC#CCO. The Bertz CT molecular complexity index is 229. The topological polar surface area (TPSA) is 20.2 Å². The largest absolute Gasteiger partial charge is 0.384 e. The highest BCUT2D eigenvalue weighted by atomic mass is 16.2. The third-order valence-corrected chi connectivity index (χ3v) is 1.14. The second-order valence-electron chi connectivity index (χ2n) is 2.20. The fourth-order valence-electron chi connectivity index (χ4n) is 0.581. The Labute approximate surface area is 74.5 Å². The molecule has 0 spiro atoms. The Morgan fingerprint density at radius 3 is 2.75 bits per heavy atom. The van der Waals surface area contributed by atoms with Gasteiger partial charge in [-0.05, 0) is 12.5 Å². The number of hydrogen-bond donors (Lipinski definition) is 1. The van der Waals surface area contributed by atoms with E-state index in [0.717, 1.165) is 12.8 Å². The first-order valence-electron chi connectivity index (χ1n) is 4.11. The van der Waals surface area contributed by atoms with Crippen LogP contribution in [0.3, 0.4) is 0 Å². The van der Waals surface area contributed by atoms with E-state index in [-0.39, 0.29) is 6.61 Å². The quantitative estimate of drug-likeness (QED) is 0.613. The highest BCUT2D eigenvalue weighted by molar-refractivity contribution is 5.19. The molecule has 1 heteroatoms. The van der Waals surface area contributed by atoms with E-state index in [1.54, 1.807) is 0 Å². The summed E-state index contributed by atoms with van der Waals surface area (Å²) in [7, 11) is 0. The molecule has 0 atom stereocenters. The van der Waals surface area contributed by atoms with Crippen molar-refractivity contribution in [2.45, 2.75) is 26.2 Å². The second kappa shape index (κ2) is 9.82. The fourth-order valence-corrected chi connectivity index (χ4v) is 0.581. The third-order valence-electron chi connectivity index (χ3n) is 1.14. The number of aliphatic hydroxyl groups is 1. The van der Waals surface area contributed by atoms with Crippen molar-refractivity contribution in [1.29, 1.82) is 0 Å². The lowest BCUT2D eigenvalue weighted by Gasteiger charge is -1.77. The molecule has 1 N–H and O–H groups in total. The molecule has 0 rings (SSSR count). The van der Waals surface area contributed by atoms with E-state index in [1.807, 2.05) is 12.2 Å². The highest BCUT2D eigenvalue weighted by Crippen LogP contribution is 1.86. The van der Waals surface area contributed by atoms with Gasteiger partial charge in [0.15, 0.2) is 0 Å². The van der Waals surface area contributed by atoms with Gasteiger partial charge in [-0.2, -0.15) is 0 Å². The maximum absolute atomic E-state index is 8.30. The lowest BCUT2D eigenvalue weighted by molar-refractivity contribution is 0.350. The summed E-state index contributed by atoms with van der Waals surface area (Å²) in [6, 6.07) is 0. The predicted octanol–water partition coefficient (Wildman–Crippen LogP) is 1.73. The lowest BCUT2D eigenvalue weighted by atomic mass is 10.3. The molecule has 0 aromatic carbocycles. The number of hydrogen-bond acceptors (Lipinski definition) is 1. The molecule has 12 heavy (non-hydrogen) atoms. The summed E-state index contributed by atoms with van der Waals surface area (Å²) in [6.45, 7) is 2.05. The first-order valence-corrected chi connectivity index (χ1v) is 4.11. The van der Waals surface area contributed by atoms with Gasteiger partial charge in [0.25, 0.3) is 0 Å². The lowest BCUT2D eigenvalue weighted by Crippen LogP contribution is -1.70. The van der Waals surface area contributed by atoms with Gasteiger partial charge in [0.1, 0.15) is 6.61 Å². The molecule has 0 heterocycles. The first kappa shape index (κ1) is 10.8. The van der Waals surface area contributed by atoms with Gasteiger partial charge in [0, 0.05) is 0 Å². The van der Waals surface area contributed by atoms with Crippen LogP contribution < -0.4 is 0 Å². The van der Waals surface area contributed by atoms with E-state index < -0.39 is 0 Å². The van der Waals surface area contributed by atoms with Crippen molar-refractivity contribution in [2.75, 3.05) is 6.61 Å². The zero-order valence-corrected chi connectivity index (χ0v) is 7.43. The van der Waals surface area contributed by atoms with Crippen molar-refractivity contribution in [3.8, 4) is 23.7 Å². The Hall–Kier alpha value is -1.18. The van der Waals surface area contributed by atoms with Gasteiger partial charge in [0.05, 0.1) is 6.42 Å². The van der Waals surface area contributed by atoms with Gasteiger partial charge in [-0.15, -0.1) is 0 Å². The molecule has 0 aromatic heterocycles. The maximum Gasteiger partial charge on any atom is 0.104 e. The van der Waals surface area contributed by atoms with Crippen LogP contribution in [0.5, 0.6) is 0 Å². The molecule has 1 nitrogen and oxygen atoms in total. The summed E-state index contributed by atoms with van der Waals surface area (Å²) in [5.74, 6) is 11.0. The molecule has 0 aromatic rings. The van der Waals surface area contributed by atoms with Gasteiger partial charge in [-0.25, -0.2) is 0 Å². The van der Waals surface area contributed by atoms with E-state index in [0.29, 0.717) is 6.42 Å². The minimum Gasteiger partial charge on any atom is -0.384 e. The van der Waals surface area contributed by atoms with Crippen LogP contribution in [0.4, 0.5) is 0 Å². The van der Waals surface area contributed by atoms with E-state index in [1.165, 1.54) is 0 Å². The number of allylic oxidation sites excluding steroid dienone is 2. The van der Waals surface area contributed by atoms with E-state index in [9.17, 15) is 0 Å². The first-order chi connectivity index (χ1) is 5.91. The molecule has 0 radical (unpaired) electrons. The van der Waals surface area contributed by atoms with Crippen molar-refractivity contribution < 1.29 is 5.11 Å². The van der Waals surface area contributed by atoms with Gasteiger partial charge in [-0.3, -0.25) is 0 Å². The molecule has 0 saturated carbocycles. The van der Waals surface area contributed by atoms with Crippen molar-refractivity contribution in [2.24, 2.45) is 0 Å². The summed E-state index contributed by atoms with van der Waals surface area (Å²) in [5.41, 5.74) is 0. The second-order valence-corrected chi connectivity index (χ2v) is 2.20. The van der Waals surface area contributed by atoms with Crippen LogP contribution in [0.1, 0.15) is 26.2 Å². The summed E-state index contributed by atoms with van der Waals surface area (Å²) in [5, 5.41) is 8.30. The third kappa shape index (κ3) is 8.82. The van der Waals surface area contributed by atoms with Crippen molar-refractivity contribution in [1.82, 2.24) is 0 Å². The van der Waals surface area contributed by atoms with Crippen LogP contribution in [0.2, 0.25) is 0 Å². The standard InChI is InChI=1S/C11H14O/c1-2-3-4-5-6-7-8-9-10-11-12/h4-5,12H,2-3,8,11H2,1H3/b5-4+. The van der Waals surface area contributed by atoms with Crippen LogP contribution in [0.15, 0.2) is 12.2 Å². The molecule has 0 aliphatic rings. The van der Waals surface area contributed by atoms with Crippen LogP contribution in [0.25, 0.3) is 0 Å². The van der Waals surface area contributed by atoms with Crippen molar-refractivity contribution in [3.05, 3.63) is 12.2 Å². The number of rotatable bonds is 2. The zero-order chi connectivity index (χ0) is 9.07. The Morgan fingerprint density at radius 1 is 1.25 bits per heavy atom. The zero-order valence-electron chi connectivity index (χ0n) is 7.43. The monoisotopic (exact) mass is 162 g/mol. The predicted molar refractivity (Wildman–Crippen MR) is 51.3 cm³/mol. The van der Waals surface area contributed by atoms with E-state index in [4.69, 9.17) is 5.11 Å². The van der Waals surface area contributed by atoms with Crippen LogP contribution in [0, 0.1) is 23.7 Å². The van der Waals surface area contributed by atoms with Crippen LogP contribution in [-0.4, -0.2) is 11.7 Å². The van der Waals surface area contributed by atoms with Crippen LogP contribution in [-0.2, 0) is 0 Å². The number of unbranched alkanes of at least 4 members (excludes halogenated alkanes) is 1. The molecule has 0 saturated heterocycles. The molecule has 0 unspecified atom stereocenters. The van der Waals surface area contributed by atoms with Crippen molar-refractivity contribution in [3.63, 3.8) is 0 Å². The van der Waals surface area contributed by atoms with Gasteiger partial charge in [-0.1, -0.05) is 43.1 Å². The molecular weight excluding hydrogens is 148 g/mol. The average Bonchev–Trinajstić information content (AvgIpc) is 2.10. The molecule has 0 amide bonds. The molecule has 0 aliphatic carbocycles. The fraction of sp³-hybridized carbons (Fsp3) is 0.455. The van der Waals surface area contributed by atoms with E-state index >= 15 is 0 Å². The van der Waals surface area contributed by atoms with Gasteiger partial charge >= 0.3 is 0 Å². The Kier molecular flexibility index (Phi) is 8.85. The molecule has 0 aliphatic heterocycles. The van der Waals surface area contributed by atoms with Crippen LogP contribution >= 0.6 is 0 Å². The summed E-state index contributed by atoms with van der Waals surface area (Å²) in [6.07, 6.45) is 6.67. The summed E-state index contributed by atoms with van der Waals surface area (Å²) in [4.78, 5) is 0. The molecule has 0 fully saturated rings. The van der Waals surface area contributed by atoms with Crippen molar-refractivity contribution >= 4 is 0 Å². The normalized spacial score (nSPS) is 8.50. The van der Waals surface area contributed by atoms with Gasteiger partial charge in [0.2, 0.25) is 0 Å². The molecular formula is C11H14O. The van der Waals surface area contributed by atoms with E-state index in [2.05, 4.69) is 30.6 Å². The summed E-state index contributed by atoms with van der Waals surface area (Å²) < 4.78 is 0. The summed E-state index contributed by atoms with van der Waals surface area (Å²) >= 11 is 0. The smallest absolute Gasteiger partial charge is 0.104 e. The minimum atomic E-state index is -0.0760. The highest BCUT2D eigenvalue weighted by Gasteiger charge is 1.69. The molecule has 0 bridgehead atoms. The average molecular weight is 162 g/mol. The van der Waals surface area contributed by atoms with Gasteiger partial charge < -0.3 is 5.11 Å². The minimum absolute atomic E-state index is 0.0760.